The van der Waals surface area contributed by atoms with Crippen LogP contribution in [0.3, 0.4) is 0 Å². The molecular weight excluding hydrogens is 124 g/mol. The Morgan fingerprint density at radius 2 is 2.30 bits per heavy atom. The molecule has 0 atom stereocenters. The molecule has 2 heteroatoms. The fraction of sp³-hybridized carbons (Fsp3) is 0.625. The van der Waals surface area contributed by atoms with Crippen molar-refractivity contribution in [2.24, 2.45) is 5.10 Å². The molecular formula is C8H13N2. The molecule has 0 unspecified atom stereocenters. The zero-order valence-electron chi connectivity index (χ0n) is 6.59. The van der Waals surface area contributed by atoms with Crippen molar-refractivity contribution in [2.45, 2.75) is 33.1 Å². The molecule has 0 spiro atoms. The summed E-state index contributed by atoms with van der Waals surface area (Å²) in [5, 5.41) is 4.00. The number of rotatable bonds is 3. The van der Waals surface area contributed by atoms with E-state index in [1.807, 2.05) is 6.92 Å². The maximum Gasteiger partial charge on any atom is 0.0649 e. The van der Waals surface area contributed by atoms with Gasteiger partial charge in [0.2, 0.25) is 0 Å². The Hall–Kier alpha value is -0.790. The van der Waals surface area contributed by atoms with Crippen molar-refractivity contribution in [3.63, 3.8) is 0 Å². The van der Waals surface area contributed by atoms with E-state index in [4.69, 9.17) is 0 Å². The molecule has 1 aliphatic rings. The molecule has 0 aromatic carbocycles. The van der Waals surface area contributed by atoms with Gasteiger partial charge in [0, 0.05) is 0 Å². The monoisotopic (exact) mass is 137 g/mol. The minimum atomic E-state index is 1.03. The third-order valence-corrected chi connectivity index (χ3v) is 1.50. The van der Waals surface area contributed by atoms with E-state index in [2.05, 4.69) is 23.5 Å². The number of hydrogen-bond acceptors (Lipinski definition) is 1. The summed E-state index contributed by atoms with van der Waals surface area (Å²) in [5.74, 6) is 0. The fourth-order valence-electron chi connectivity index (χ4n) is 0.922. The lowest BCUT2D eigenvalue weighted by Gasteiger charge is -1.91. The Morgan fingerprint density at radius 3 is 2.80 bits per heavy atom. The molecule has 0 saturated heterocycles. The molecule has 10 heavy (non-hydrogen) atoms. The number of nitrogens with zero attached hydrogens (tertiary/aromatic N) is 2. The summed E-state index contributed by atoms with van der Waals surface area (Å²) in [6.07, 6.45) is 5.58. The first-order valence-electron chi connectivity index (χ1n) is 3.79. The van der Waals surface area contributed by atoms with Crippen LogP contribution in [0.4, 0.5) is 0 Å². The second-order valence-electron chi connectivity index (χ2n) is 2.58. The molecule has 0 aliphatic carbocycles. The number of unbranched alkanes of at least 4 members (excludes halogenated alkanes) is 1. The molecule has 1 radical (unpaired) electrons. The van der Waals surface area contributed by atoms with Gasteiger partial charge >= 0.3 is 0 Å². The molecule has 55 valence electrons. The zero-order chi connectivity index (χ0) is 7.40. The highest BCUT2D eigenvalue weighted by Crippen LogP contribution is 2.06. The van der Waals surface area contributed by atoms with E-state index in [-0.39, 0.29) is 0 Å². The topological polar surface area (TPSA) is 26.5 Å². The zero-order valence-corrected chi connectivity index (χ0v) is 6.59. The highest BCUT2D eigenvalue weighted by atomic mass is 15.3. The predicted molar refractivity (Wildman–Crippen MR) is 42.9 cm³/mol. The van der Waals surface area contributed by atoms with Crippen LogP contribution in [0.25, 0.3) is 0 Å². The summed E-state index contributed by atoms with van der Waals surface area (Å²) in [7, 11) is 0. The Balaban J connectivity index is 2.29. The van der Waals surface area contributed by atoms with Crippen molar-refractivity contribution in [3.05, 3.63) is 11.8 Å². The van der Waals surface area contributed by atoms with Crippen LogP contribution >= 0.6 is 0 Å². The van der Waals surface area contributed by atoms with Crippen LogP contribution in [-0.4, -0.2) is 5.71 Å². The van der Waals surface area contributed by atoms with Crippen molar-refractivity contribution < 1.29 is 0 Å². The summed E-state index contributed by atoms with van der Waals surface area (Å²) >= 11 is 0. The first kappa shape index (κ1) is 7.32. The van der Waals surface area contributed by atoms with E-state index >= 15 is 0 Å². The Kier molecular flexibility index (Phi) is 2.49. The first-order valence-corrected chi connectivity index (χ1v) is 3.79. The minimum absolute atomic E-state index is 1.03. The van der Waals surface area contributed by atoms with Gasteiger partial charge in [0.25, 0.3) is 0 Å². The normalized spacial score (nSPS) is 16.2. The molecule has 2 nitrogen and oxygen atoms in total. The van der Waals surface area contributed by atoms with E-state index < -0.39 is 0 Å². The van der Waals surface area contributed by atoms with Gasteiger partial charge in [-0.2, -0.15) is 10.5 Å². The smallest absolute Gasteiger partial charge is 0.0649 e. The molecule has 0 aromatic rings. The molecule has 0 saturated carbocycles. The lowest BCUT2D eigenvalue weighted by molar-refractivity contribution is 0.827. The van der Waals surface area contributed by atoms with Crippen LogP contribution in [0.15, 0.2) is 16.9 Å². The largest absolute Gasteiger partial charge is 0.156 e. The maximum absolute atomic E-state index is 4.00. The highest BCUT2D eigenvalue weighted by molar-refractivity contribution is 5.96. The van der Waals surface area contributed by atoms with Crippen LogP contribution in [0.1, 0.15) is 33.1 Å². The van der Waals surface area contributed by atoms with Gasteiger partial charge in [0.15, 0.2) is 0 Å². The lowest BCUT2D eigenvalue weighted by Crippen LogP contribution is -1.89. The molecule has 0 amide bonds. The summed E-state index contributed by atoms with van der Waals surface area (Å²) in [5.41, 5.74) is 6.09. The highest BCUT2D eigenvalue weighted by Gasteiger charge is 2.03. The third kappa shape index (κ3) is 1.87. The van der Waals surface area contributed by atoms with Crippen molar-refractivity contribution >= 4 is 5.71 Å². The van der Waals surface area contributed by atoms with Gasteiger partial charge in [-0.3, -0.25) is 0 Å². The van der Waals surface area contributed by atoms with Gasteiger partial charge in [-0.05, 0) is 25.8 Å². The average Bonchev–Trinajstić information content (AvgIpc) is 2.31. The van der Waals surface area contributed by atoms with Gasteiger partial charge in [-0.25, -0.2) is 0 Å². The first-order chi connectivity index (χ1) is 4.83. The van der Waals surface area contributed by atoms with Crippen molar-refractivity contribution in [3.8, 4) is 0 Å². The maximum atomic E-state index is 4.00. The summed E-state index contributed by atoms with van der Waals surface area (Å²) < 4.78 is 0. The standard InChI is InChI=1S/C8H13N2/c1-3-4-5-8-6-7(2)9-10-8/h6H,3-5H2,1-2H3. The van der Waals surface area contributed by atoms with Crippen molar-refractivity contribution in [1.82, 2.24) is 5.43 Å². The predicted octanol–water partition coefficient (Wildman–Crippen LogP) is 2.05. The Bertz CT molecular complexity index is 168. The van der Waals surface area contributed by atoms with E-state index in [1.54, 1.807) is 0 Å². The number of hydrogen-bond donors (Lipinski definition) is 0. The Morgan fingerprint density at radius 1 is 1.50 bits per heavy atom. The molecule has 0 fully saturated rings. The third-order valence-electron chi connectivity index (χ3n) is 1.50. The second kappa shape index (κ2) is 3.40. The summed E-state index contributed by atoms with van der Waals surface area (Å²) in [6, 6.07) is 0. The quantitative estimate of drug-likeness (QED) is 0.569. The van der Waals surface area contributed by atoms with Gasteiger partial charge in [-0.15, -0.1) is 0 Å². The summed E-state index contributed by atoms with van der Waals surface area (Å²) in [4.78, 5) is 0. The SMILES string of the molecule is CCCCC1=N[N]C(C)=C1. The van der Waals surface area contributed by atoms with Gasteiger partial charge in [0.1, 0.15) is 0 Å². The van der Waals surface area contributed by atoms with Crippen LogP contribution in [0.2, 0.25) is 0 Å². The van der Waals surface area contributed by atoms with Gasteiger partial charge in [-0.1, -0.05) is 13.3 Å². The Labute approximate surface area is 62.0 Å². The van der Waals surface area contributed by atoms with Crippen LogP contribution < -0.4 is 5.43 Å². The van der Waals surface area contributed by atoms with Crippen molar-refractivity contribution in [1.29, 1.82) is 0 Å². The molecule has 0 N–H and O–H groups in total. The van der Waals surface area contributed by atoms with Gasteiger partial charge in [0.05, 0.1) is 11.4 Å². The molecule has 1 aliphatic heterocycles. The van der Waals surface area contributed by atoms with Crippen LogP contribution in [0, 0.1) is 0 Å². The van der Waals surface area contributed by atoms with E-state index in [0.717, 1.165) is 17.8 Å². The lowest BCUT2D eigenvalue weighted by atomic mass is 10.2. The minimum Gasteiger partial charge on any atom is -0.156 e. The fourth-order valence-corrected chi connectivity index (χ4v) is 0.922. The van der Waals surface area contributed by atoms with Crippen LogP contribution in [0.5, 0.6) is 0 Å². The average molecular weight is 137 g/mol. The van der Waals surface area contributed by atoms with E-state index in [0.29, 0.717) is 0 Å². The molecule has 0 aromatic heterocycles. The van der Waals surface area contributed by atoms with Crippen LogP contribution in [-0.2, 0) is 0 Å². The molecule has 1 heterocycles. The van der Waals surface area contributed by atoms with E-state index in [9.17, 15) is 0 Å². The molecule has 1 rings (SSSR count). The van der Waals surface area contributed by atoms with E-state index in [1.165, 1.54) is 12.8 Å². The second-order valence-corrected chi connectivity index (χ2v) is 2.58. The number of allylic oxidation sites excluding steroid dienone is 2. The molecule has 0 bridgehead atoms. The van der Waals surface area contributed by atoms with Crippen molar-refractivity contribution in [2.75, 3.05) is 0 Å². The summed E-state index contributed by atoms with van der Waals surface area (Å²) in [6.45, 7) is 4.16. The van der Waals surface area contributed by atoms with Gasteiger partial charge < -0.3 is 0 Å².